The molecule has 1 unspecified atom stereocenters. The van der Waals surface area contributed by atoms with Crippen LogP contribution in [0.1, 0.15) is 29.9 Å². The van der Waals surface area contributed by atoms with E-state index in [2.05, 4.69) is 37.3 Å². The van der Waals surface area contributed by atoms with Gasteiger partial charge in [0.05, 0.1) is 39.4 Å². The largest absolute Gasteiger partial charge is 0.382 e. The summed E-state index contributed by atoms with van der Waals surface area (Å²) in [6.07, 6.45) is 4.63. The molecule has 0 saturated carbocycles. The number of fused-ring (bicyclic) bond motifs is 1. The second kappa shape index (κ2) is 9.29. The first-order chi connectivity index (χ1) is 17.0. The summed E-state index contributed by atoms with van der Waals surface area (Å²) in [4.78, 5) is 26.8. The second-order valence-electron chi connectivity index (χ2n) is 7.67. The molecular formula is C25H19ClN8O. The van der Waals surface area contributed by atoms with Gasteiger partial charge in [-0.2, -0.15) is 5.10 Å². The summed E-state index contributed by atoms with van der Waals surface area (Å²) in [5, 5.41) is 10.6. The van der Waals surface area contributed by atoms with E-state index in [0.29, 0.717) is 44.4 Å². The first-order valence-electron chi connectivity index (χ1n) is 10.7. The summed E-state index contributed by atoms with van der Waals surface area (Å²) >= 11 is 6.38. The van der Waals surface area contributed by atoms with E-state index < -0.39 is 6.04 Å². The number of aromatic amines is 1. The standard InChI is InChI=1S/C25H19ClN8O/c1-15(32-23-18(22(27)28-14-29-23)11-10-16-12-30-31-13-16)24-33-20-9-5-8-19(26)21(20)25(35)34(24)17-6-3-2-4-7-17/h2-9,12-15H,1H3,(H,30,31)(H3,27,28,29,32). The molecule has 10 heteroatoms. The molecule has 5 aromatic rings. The molecule has 0 aliphatic heterocycles. The summed E-state index contributed by atoms with van der Waals surface area (Å²) in [5.41, 5.74) is 8.13. The Hall–Kier alpha value is -4.68. The molecule has 0 amide bonds. The third-order valence-electron chi connectivity index (χ3n) is 5.33. The lowest BCUT2D eigenvalue weighted by molar-refractivity contribution is 0.730. The molecule has 0 radical (unpaired) electrons. The van der Waals surface area contributed by atoms with Crippen molar-refractivity contribution in [3.8, 4) is 17.5 Å². The number of nitrogens with zero attached hydrogens (tertiary/aromatic N) is 5. The number of benzene rings is 2. The smallest absolute Gasteiger partial charge is 0.267 e. The zero-order valence-corrected chi connectivity index (χ0v) is 19.3. The number of hydrogen-bond donors (Lipinski definition) is 3. The van der Waals surface area contributed by atoms with Gasteiger partial charge >= 0.3 is 0 Å². The Balaban J connectivity index is 1.63. The second-order valence-corrected chi connectivity index (χ2v) is 8.07. The summed E-state index contributed by atoms with van der Waals surface area (Å²) in [5.74, 6) is 7.11. The topological polar surface area (TPSA) is 127 Å². The van der Waals surface area contributed by atoms with Crippen molar-refractivity contribution in [2.75, 3.05) is 11.1 Å². The Kier molecular flexibility index (Phi) is 5.87. The fourth-order valence-corrected chi connectivity index (χ4v) is 3.93. The van der Waals surface area contributed by atoms with Crippen LogP contribution in [0.2, 0.25) is 5.02 Å². The van der Waals surface area contributed by atoms with Crippen molar-refractivity contribution in [1.29, 1.82) is 0 Å². The van der Waals surface area contributed by atoms with E-state index in [1.807, 2.05) is 37.3 Å². The lowest BCUT2D eigenvalue weighted by Gasteiger charge is -2.21. The molecule has 9 nitrogen and oxygen atoms in total. The average Bonchev–Trinajstić information content (AvgIpc) is 3.38. The lowest BCUT2D eigenvalue weighted by Crippen LogP contribution is -2.27. The maximum absolute atomic E-state index is 13.6. The number of rotatable bonds is 4. The Bertz CT molecular complexity index is 1640. The van der Waals surface area contributed by atoms with Gasteiger partial charge in [-0.05, 0) is 31.2 Å². The van der Waals surface area contributed by atoms with Crippen molar-refractivity contribution in [1.82, 2.24) is 29.7 Å². The van der Waals surface area contributed by atoms with Crippen LogP contribution in [0, 0.1) is 11.8 Å². The number of para-hydroxylation sites is 1. The van der Waals surface area contributed by atoms with E-state index in [4.69, 9.17) is 22.3 Å². The number of halogens is 1. The predicted octanol–water partition coefficient (Wildman–Crippen LogP) is 3.71. The van der Waals surface area contributed by atoms with Crippen LogP contribution in [0.4, 0.5) is 11.6 Å². The van der Waals surface area contributed by atoms with E-state index in [1.54, 1.807) is 35.2 Å². The summed E-state index contributed by atoms with van der Waals surface area (Å²) < 4.78 is 1.55. The summed E-state index contributed by atoms with van der Waals surface area (Å²) in [6, 6.07) is 14.0. The summed E-state index contributed by atoms with van der Waals surface area (Å²) in [6.45, 7) is 1.88. The zero-order chi connectivity index (χ0) is 24.4. The van der Waals surface area contributed by atoms with E-state index in [1.165, 1.54) is 6.33 Å². The maximum Gasteiger partial charge on any atom is 0.267 e. The van der Waals surface area contributed by atoms with Gasteiger partial charge in [0.25, 0.3) is 5.56 Å². The fourth-order valence-electron chi connectivity index (χ4n) is 3.68. The first-order valence-corrected chi connectivity index (χ1v) is 11.0. The highest BCUT2D eigenvalue weighted by molar-refractivity contribution is 6.35. The minimum Gasteiger partial charge on any atom is -0.382 e. The van der Waals surface area contributed by atoms with Crippen molar-refractivity contribution < 1.29 is 0 Å². The molecule has 3 aromatic heterocycles. The number of nitrogens with one attached hydrogen (secondary N) is 2. The lowest BCUT2D eigenvalue weighted by atomic mass is 10.2. The third-order valence-corrected chi connectivity index (χ3v) is 5.65. The number of H-pyrrole nitrogens is 1. The van der Waals surface area contributed by atoms with Gasteiger partial charge in [-0.15, -0.1) is 0 Å². The summed E-state index contributed by atoms with van der Waals surface area (Å²) in [7, 11) is 0. The van der Waals surface area contributed by atoms with Gasteiger partial charge in [0.1, 0.15) is 29.4 Å². The number of anilines is 2. The van der Waals surface area contributed by atoms with Crippen LogP contribution in [0.3, 0.4) is 0 Å². The van der Waals surface area contributed by atoms with E-state index in [-0.39, 0.29) is 11.4 Å². The quantitative estimate of drug-likeness (QED) is 0.333. The van der Waals surface area contributed by atoms with Crippen molar-refractivity contribution in [3.05, 3.63) is 99.6 Å². The minimum atomic E-state index is -0.463. The number of nitrogen functional groups attached to an aromatic ring is 1. The molecule has 0 bridgehead atoms. The average molecular weight is 483 g/mol. The van der Waals surface area contributed by atoms with Gasteiger partial charge in [-0.3, -0.25) is 14.5 Å². The Labute approximate surface area is 205 Å². The normalized spacial score (nSPS) is 11.6. The van der Waals surface area contributed by atoms with Crippen molar-refractivity contribution >= 4 is 34.1 Å². The van der Waals surface area contributed by atoms with Crippen molar-refractivity contribution in [3.63, 3.8) is 0 Å². The number of hydrogen-bond acceptors (Lipinski definition) is 7. The molecule has 4 N–H and O–H groups in total. The van der Waals surface area contributed by atoms with Crippen LogP contribution >= 0.6 is 11.6 Å². The monoisotopic (exact) mass is 482 g/mol. The molecule has 0 spiro atoms. The predicted molar refractivity (Wildman–Crippen MR) is 135 cm³/mol. The van der Waals surface area contributed by atoms with Crippen molar-refractivity contribution in [2.24, 2.45) is 0 Å². The highest BCUT2D eigenvalue weighted by atomic mass is 35.5. The SMILES string of the molecule is CC(Nc1ncnc(N)c1C#Cc1cn[nH]c1)c1nc2cccc(Cl)c2c(=O)n1-c1ccccc1. The van der Waals surface area contributed by atoms with Crippen LogP contribution in [0.15, 0.2) is 72.0 Å². The molecule has 0 saturated heterocycles. The van der Waals surface area contributed by atoms with Crippen LogP contribution in [-0.4, -0.2) is 29.7 Å². The molecule has 0 aliphatic rings. The van der Waals surface area contributed by atoms with Crippen LogP contribution in [0.25, 0.3) is 16.6 Å². The molecule has 5 rings (SSSR count). The molecule has 0 fully saturated rings. The third kappa shape index (κ3) is 4.30. The molecule has 3 heterocycles. The van der Waals surface area contributed by atoms with Gasteiger partial charge in [0.2, 0.25) is 0 Å². The van der Waals surface area contributed by atoms with Crippen LogP contribution in [-0.2, 0) is 0 Å². The van der Waals surface area contributed by atoms with Gasteiger partial charge in [0, 0.05) is 6.20 Å². The molecule has 2 aromatic carbocycles. The molecular weight excluding hydrogens is 464 g/mol. The molecule has 35 heavy (non-hydrogen) atoms. The highest BCUT2D eigenvalue weighted by Crippen LogP contribution is 2.26. The van der Waals surface area contributed by atoms with Gasteiger partial charge in [-0.1, -0.05) is 47.7 Å². The maximum atomic E-state index is 13.6. The van der Waals surface area contributed by atoms with E-state index >= 15 is 0 Å². The molecule has 0 aliphatic carbocycles. The van der Waals surface area contributed by atoms with Crippen molar-refractivity contribution in [2.45, 2.75) is 13.0 Å². The Morgan fingerprint density at radius 2 is 1.94 bits per heavy atom. The fraction of sp³-hybridized carbons (Fsp3) is 0.0800. The van der Waals surface area contributed by atoms with Gasteiger partial charge in [0.15, 0.2) is 0 Å². The number of aromatic nitrogens is 6. The first kappa shape index (κ1) is 22.1. The zero-order valence-electron chi connectivity index (χ0n) is 18.5. The molecule has 1 atom stereocenters. The molecule has 172 valence electrons. The van der Waals surface area contributed by atoms with Gasteiger partial charge < -0.3 is 11.1 Å². The number of nitrogens with two attached hydrogens (primary N) is 1. The highest BCUT2D eigenvalue weighted by Gasteiger charge is 2.21. The minimum absolute atomic E-state index is 0.226. The van der Waals surface area contributed by atoms with Crippen LogP contribution in [0.5, 0.6) is 0 Å². The van der Waals surface area contributed by atoms with E-state index in [9.17, 15) is 4.79 Å². The Morgan fingerprint density at radius 1 is 1.11 bits per heavy atom. The Morgan fingerprint density at radius 3 is 2.71 bits per heavy atom. The van der Waals surface area contributed by atoms with Crippen LogP contribution < -0.4 is 16.6 Å². The van der Waals surface area contributed by atoms with Gasteiger partial charge in [-0.25, -0.2) is 15.0 Å². The van der Waals surface area contributed by atoms with E-state index in [0.717, 1.165) is 0 Å².